The first-order valence-corrected chi connectivity index (χ1v) is 8.00. The molecule has 3 aromatic carbocycles. The lowest BCUT2D eigenvalue weighted by atomic mass is 9.77. The van der Waals surface area contributed by atoms with Gasteiger partial charge in [-0.1, -0.05) is 91.0 Å². The lowest BCUT2D eigenvalue weighted by Crippen LogP contribution is -2.52. The monoisotopic (exact) mass is 355 g/mol. The van der Waals surface area contributed by atoms with Gasteiger partial charge in [0.15, 0.2) is 0 Å². The molecular weight excluding hydrogens is 339 g/mol. The molecule has 0 aliphatic carbocycles. The van der Waals surface area contributed by atoms with E-state index in [1.807, 2.05) is 0 Å². The van der Waals surface area contributed by atoms with Crippen molar-refractivity contribution in [2.75, 3.05) is 0 Å². The van der Waals surface area contributed by atoms with Crippen molar-refractivity contribution in [2.24, 2.45) is 0 Å². The minimum atomic E-state index is -5.00. The van der Waals surface area contributed by atoms with E-state index in [1.165, 1.54) is 0 Å². The summed E-state index contributed by atoms with van der Waals surface area (Å²) in [4.78, 5) is 12.0. The average molecular weight is 355 g/mol. The van der Waals surface area contributed by atoms with Crippen LogP contribution in [0.3, 0.4) is 0 Å². The van der Waals surface area contributed by atoms with Crippen molar-refractivity contribution >= 4 is 5.91 Å². The number of carbonyl (C=O) groups is 1. The van der Waals surface area contributed by atoms with Crippen molar-refractivity contribution in [3.05, 3.63) is 108 Å². The molecule has 0 atom stereocenters. The molecule has 0 unspecified atom stereocenters. The zero-order valence-corrected chi connectivity index (χ0v) is 13.7. The molecule has 0 aliphatic heterocycles. The van der Waals surface area contributed by atoms with E-state index in [0.29, 0.717) is 16.7 Å². The molecule has 2 nitrogen and oxygen atoms in total. The maximum absolute atomic E-state index is 13.1. The van der Waals surface area contributed by atoms with Crippen molar-refractivity contribution in [1.82, 2.24) is 5.32 Å². The summed E-state index contributed by atoms with van der Waals surface area (Å²) in [7, 11) is 0. The molecule has 0 aliphatic rings. The Labute approximate surface area is 149 Å². The van der Waals surface area contributed by atoms with Crippen LogP contribution in [0, 0.1) is 0 Å². The SMILES string of the molecule is O=C(NC(c1ccccc1)(c1ccccc1)c1ccccc1)C(F)(F)F. The standard InChI is InChI=1S/C21H16F3NO/c22-21(23,24)19(26)25-20(16-10-4-1-5-11-16,17-12-6-2-7-13-17)18-14-8-3-9-15-18/h1-15H,(H,25,26). The molecule has 0 saturated carbocycles. The molecule has 132 valence electrons. The molecule has 3 rings (SSSR count). The van der Waals surface area contributed by atoms with Gasteiger partial charge in [0.25, 0.3) is 0 Å². The molecule has 1 N–H and O–H groups in total. The van der Waals surface area contributed by atoms with Gasteiger partial charge < -0.3 is 5.32 Å². The van der Waals surface area contributed by atoms with Crippen molar-refractivity contribution in [2.45, 2.75) is 11.7 Å². The Morgan fingerprint density at radius 3 is 1.19 bits per heavy atom. The van der Waals surface area contributed by atoms with Crippen LogP contribution in [-0.2, 0) is 10.3 Å². The Hall–Kier alpha value is -3.08. The molecule has 1 amide bonds. The molecule has 0 bridgehead atoms. The second-order valence-corrected chi connectivity index (χ2v) is 5.80. The van der Waals surface area contributed by atoms with Gasteiger partial charge in [0.2, 0.25) is 0 Å². The first kappa shape index (κ1) is 17.7. The van der Waals surface area contributed by atoms with Gasteiger partial charge in [-0.15, -0.1) is 0 Å². The van der Waals surface area contributed by atoms with E-state index in [1.54, 1.807) is 91.0 Å². The van der Waals surface area contributed by atoms with E-state index in [0.717, 1.165) is 0 Å². The molecule has 0 saturated heterocycles. The minimum absolute atomic E-state index is 0.537. The summed E-state index contributed by atoms with van der Waals surface area (Å²) in [6.45, 7) is 0. The quantitative estimate of drug-likeness (QED) is 0.678. The fourth-order valence-electron chi connectivity index (χ4n) is 3.02. The van der Waals surface area contributed by atoms with Crippen LogP contribution in [0.15, 0.2) is 91.0 Å². The van der Waals surface area contributed by atoms with Crippen LogP contribution in [0.2, 0.25) is 0 Å². The molecular formula is C21H16F3NO. The first-order valence-electron chi connectivity index (χ1n) is 8.00. The topological polar surface area (TPSA) is 29.1 Å². The fraction of sp³-hybridized carbons (Fsp3) is 0.0952. The van der Waals surface area contributed by atoms with E-state index >= 15 is 0 Å². The number of hydrogen-bond donors (Lipinski definition) is 1. The normalized spacial score (nSPS) is 11.8. The minimum Gasteiger partial charge on any atom is -0.331 e. The van der Waals surface area contributed by atoms with Crippen LogP contribution in [-0.4, -0.2) is 12.1 Å². The summed E-state index contributed by atoms with van der Waals surface area (Å²) in [5.74, 6) is -1.99. The maximum atomic E-state index is 13.1. The molecule has 26 heavy (non-hydrogen) atoms. The van der Waals surface area contributed by atoms with Gasteiger partial charge in [0.1, 0.15) is 5.54 Å². The van der Waals surface area contributed by atoms with Gasteiger partial charge in [-0.3, -0.25) is 4.79 Å². The highest BCUT2D eigenvalue weighted by Crippen LogP contribution is 2.37. The average Bonchev–Trinajstić information content (AvgIpc) is 2.67. The second-order valence-electron chi connectivity index (χ2n) is 5.80. The van der Waals surface area contributed by atoms with Gasteiger partial charge in [-0.2, -0.15) is 13.2 Å². The molecule has 0 fully saturated rings. The number of carbonyl (C=O) groups excluding carboxylic acids is 1. The number of halogens is 3. The smallest absolute Gasteiger partial charge is 0.331 e. The lowest BCUT2D eigenvalue weighted by molar-refractivity contribution is -0.175. The molecule has 0 spiro atoms. The zero-order chi connectivity index (χ0) is 18.6. The highest BCUT2D eigenvalue weighted by atomic mass is 19.4. The summed E-state index contributed by atoms with van der Waals surface area (Å²) in [5.41, 5.74) is 0.149. The van der Waals surface area contributed by atoms with Crippen molar-refractivity contribution in [3.8, 4) is 0 Å². The van der Waals surface area contributed by atoms with E-state index in [9.17, 15) is 18.0 Å². The van der Waals surface area contributed by atoms with Gasteiger partial charge in [0, 0.05) is 0 Å². The molecule has 0 aromatic heterocycles. The molecule has 0 heterocycles. The number of hydrogen-bond acceptors (Lipinski definition) is 1. The first-order chi connectivity index (χ1) is 12.4. The highest BCUT2D eigenvalue weighted by molar-refractivity contribution is 5.84. The Morgan fingerprint density at radius 1 is 0.615 bits per heavy atom. The Kier molecular flexibility index (Phi) is 4.80. The van der Waals surface area contributed by atoms with Crippen LogP contribution >= 0.6 is 0 Å². The van der Waals surface area contributed by atoms with Crippen LogP contribution in [0.25, 0.3) is 0 Å². The number of rotatable bonds is 4. The summed E-state index contributed by atoms with van der Waals surface area (Å²) in [5, 5.41) is 2.26. The second kappa shape index (κ2) is 7.04. The van der Waals surface area contributed by atoms with Gasteiger partial charge >= 0.3 is 12.1 Å². The summed E-state index contributed by atoms with van der Waals surface area (Å²) < 4.78 is 39.3. The predicted octanol–water partition coefficient (Wildman–Crippen LogP) is 4.66. The number of benzene rings is 3. The molecule has 5 heteroatoms. The Balaban J connectivity index is 2.30. The van der Waals surface area contributed by atoms with Gasteiger partial charge in [0.05, 0.1) is 0 Å². The van der Waals surface area contributed by atoms with E-state index in [-0.39, 0.29) is 0 Å². The van der Waals surface area contributed by atoms with Crippen molar-refractivity contribution in [3.63, 3.8) is 0 Å². The van der Waals surface area contributed by atoms with Crippen LogP contribution < -0.4 is 5.32 Å². The fourth-order valence-corrected chi connectivity index (χ4v) is 3.02. The van der Waals surface area contributed by atoms with Crippen LogP contribution in [0.4, 0.5) is 13.2 Å². The van der Waals surface area contributed by atoms with Crippen molar-refractivity contribution < 1.29 is 18.0 Å². The van der Waals surface area contributed by atoms with Gasteiger partial charge in [-0.25, -0.2) is 0 Å². The summed E-state index contributed by atoms with van der Waals surface area (Å²) in [6, 6.07) is 25.9. The third kappa shape index (κ3) is 3.33. The summed E-state index contributed by atoms with van der Waals surface area (Å²) >= 11 is 0. The zero-order valence-electron chi connectivity index (χ0n) is 13.7. The molecule has 3 aromatic rings. The summed E-state index contributed by atoms with van der Waals surface area (Å²) in [6.07, 6.45) is -5.00. The highest BCUT2D eigenvalue weighted by Gasteiger charge is 2.46. The largest absolute Gasteiger partial charge is 0.471 e. The number of amides is 1. The van der Waals surface area contributed by atoms with Crippen molar-refractivity contribution in [1.29, 1.82) is 0 Å². The number of nitrogens with one attached hydrogen (secondary N) is 1. The third-order valence-electron chi connectivity index (χ3n) is 4.18. The third-order valence-corrected chi connectivity index (χ3v) is 4.18. The van der Waals surface area contributed by atoms with Crippen LogP contribution in [0.1, 0.15) is 16.7 Å². The number of alkyl halides is 3. The Morgan fingerprint density at radius 2 is 0.923 bits per heavy atom. The Bertz CT molecular complexity index is 765. The maximum Gasteiger partial charge on any atom is 0.471 e. The van der Waals surface area contributed by atoms with E-state index in [2.05, 4.69) is 5.32 Å². The van der Waals surface area contributed by atoms with E-state index in [4.69, 9.17) is 0 Å². The van der Waals surface area contributed by atoms with E-state index < -0.39 is 17.6 Å². The van der Waals surface area contributed by atoms with Gasteiger partial charge in [-0.05, 0) is 16.7 Å². The predicted molar refractivity (Wildman–Crippen MR) is 93.4 cm³/mol. The molecule has 0 radical (unpaired) electrons. The lowest BCUT2D eigenvalue weighted by Gasteiger charge is -2.37. The van der Waals surface area contributed by atoms with Crippen LogP contribution in [0.5, 0.6) is 0 Å².